The molecule has 2 heterocycles. The highest BCUT2D eigenvalue weighted by Crippen LogP contribution is 2.47. The number of piperidine rings is 2. The number of aryl methyl sites for hydroxylation is 1. The van der Waals surface area contributed by atoms with Crippen molar-refractivity contribution in [1.29, 1.82) is 0 Å². The Bertz CT molecular complexity index is 591. The van der Waals surface area contributed by atoms with E-state index in [9.17, 15) is 0 Å². The first-order chi connectivity index (χ1) is 11.0. The van der Waals surface area contributed by atoms with Crippen molar-refractivity contribution in [2.45, 2.75) is 63.1 Å². The summed E-state index contributed by atoms with van der Waals surface area (Å²) in [4.78, 5) is 5.39. The van der Waals surface area contributed by atoms with Gasteiger partial charge in [0.2, 0.25) is 0 Å². The Labute approximate surface area is 140 Å². The van der Waals surface area contributed by atoms with Crippen LogP contribution in [0.1, 0.15) is 42.9 Å². The van der Waals surface area contributed by atoms with Crippen LogP contribution in [0.25, 0.3) is 0 Å². The molecular weight excluding hydrogens is 282 g/mol. The average molecular weight is 313 g/mol. The van der Waals surface area contributed by atoms with Gasteiger partial charge in [-0.05, 0) is 57.3 Å². The van der Waals surface area contributed by atoms with Crippen molar-refractivity contribution in [2.75, 3.05) is 26.7 Å². The molecule has 0 amide bonds. The van der Waals surface area contributed by atoms with Crippen molar-refractivity contribution in [1.82, 2.24) is 9.80 Å². The van der Waals surface area contributed by atoms with Gasteiger partial charge in [-0.2, -0.15) is 0 Å². The number of nitrogens with zero attached hydrogens (tertiary/aromatic N) is 2. The molecule has 23 heavy (non-hydrogen) atoms. The van der Waals surface area contributed by atoms with Gasteiger partial charge in [0.25, 0.3) is 0 Å². The second-order valence-electron chi connectivity index (χ2n) is 8.40. The molecule has 0 saturated carbocycles. The van der Waals surface area contributed by atoms with E-state index in [4.69, 9.17) is 5.73 Å². The molecule has 0 radical (unpaired) electrons. The summed E-state index contributed by atoms with van der Waals surface area (Å²) in [5.41, 5.74) is 11.1. The van der Waals surface area contributed by atoms with E-state index in [1.165, 1.54) is 38.0 Å². The first kappa shape index (κ1) is 15.6. The first-order valence-electron chi connectivity index (χ1n) is 9.29. The van der Waals surface area contributed by atoms with Gasteiger partial charge in [-0.1, -0.05) is 30.7 Å². The van der Waals surface area contributed by atoms with Crippen molar-refractivity contribution in [2.24, 2.45) is 5.73 Å². The Hall–Kier alpha value is -0.900. The standard InChI is InChI=1S/C20H31N3/c1-14-4-5-15-13-18-19(23-9-6-16(21)7-10-23)20(2,17(15)12-14)8-11-22(18)3/h4-5,12,16,18-19H,6-11,13,21H2,1-3H3/t18-,19?,20+/m1/s1. The van der Waals surface area contributed by atoms with E-state index >= 15 is 0 Å². The van der Waals surface area contributed by atoms with Crippen LogP contribution in [0, 0.1) is 6.92 Å². The molecule has 3 aliphatic rings. The van der Waals surface area contributed by atoms with Crippen LogP contribution in [0.4, 0.5) is 0 Å². The van der Waals surface area contributed by atoms with Gasteiger partial charge in [0.05, 0.1) is 0 Å². The predicted molar refractivity (Wildman–Crippen MR) is 95.8 cm³/mol. The highest BCUT2D eigenvalue weighted by molar-refractivity contribution is 5.43. The average Bonchev–Trinajstić information content (AvgIpc) is 2.53. The van der Waals surface area contributed by atoms with E-state index in [-0.39, 0.29) is 5.41 Å². The molecule has 3 heteroatoms. The maximum Gasteiger partial charge on any atom is 0.0349 e. The Morgan fingerprint density at radius 3 is 2.65 bits per heavy atom. The molecule has 2 N–H and O–H groups in total. The molecule has 1 aromatic rings. The fraction of sp³-hybridized carbons (Fsp3) is 0.700. The van der Waals surface area contributed by atoms with Crippen molar-refractivity contribution in [3.05, 3.63) is 34.9 Å². The lowest BCUT2D eigenvalue weighted by Crippen LogP contribution is -2.68. The fourth-order valence-electron chi connectivity index (χ4n) is 5.42. The fourth-order valence-corrected chi connectivity index (χ4v) is 5.42. The lowest BCUT2D eigenvalue weighted by Gasteiger charge is -2.59. The maximum absolute atomic E-state index is 6.16. The number of benzene rings is 1. The van der Waals surface area contributed by atoms with Crippen molar-refractivity contribution in [3.63, 3.8) is 0 Å². The molecule has 2 bridgehead atoms. The van der Waals surface area contributed by atoms with Crippen LogP contribution in [0.3, 0.4) is 0 Å². The van der Waals surface area contributed by atoms with Gasteiger partial charge in [0, 0.05) is 36.6 Å². The highest BCUT2D eigenvalue weighted by Gasteiger charge is 2.52. The normalized spacial score (nSPS) is 36.0. The third-order valence-corrected chi connectivity index (χ3v) is 6.84. The summed E-state index contributed by atoms with van der Waals surface area (Å²) >= 11 is 0. The molecule has 1 unspecified atom stereocenters. The van der Waals surface area contributed by atoms with Crippen LogP contribution in [0.15, 0.2) is 18.2 Å². The van der Waals surface area contributed by atoms with Crippen LogP contribution in [0.2, 0.25) is 0 Å². The van der Waals surface area contributed by atoms with Gasteiger partial charge in [-0.25, -0.2) is 0 Å². The molecule has 4 rings (SSSR count). The minimum absolute atomic E-state index is 0.290. The largest absolute Gasteiger partial charge is 0.328 e. The van der Waals surface area contributed by atoms with E-state index in [0.717, 1.165) is 12.8 Å². The van der Waals surface area contributed by atoms with Crippen LogP contribution in [-0.4, -0.2) is 54.6 Å². The first-order valence-corrected chi connectivity index (χ1v) is 9.29. The molecule has 2 fully saturated rings. The number of fused-ring (bicyclic) bond motifs is 4. The van der Waals surface area contributed by atoms with Gasteiger partial charge in [-0.15, -0.1) is 0 Å². The quantitative estimate of drug-likeness (QED) is 0.863. The van der Waals surface area contributed by atoms with Gasteiger partial charge in [0.15, 0.2) is 0 Å². The molecule has 3 atom stereocenters. The lowest BCUT2D eigenvalue weighted by molar-refractivity contribution is -0.0190. The van der Waals surface area contributed by atoms with E-state index in [1.54, 1.807) is 11.1 Å². The van der Waals surface area contributed by atoms with Crippen molar-refractivity contribution >= 4 is 0 Å². The summed E-state index contributed by atoms with van der Waals surface area (Å²) < 4.78 is 0. The van der Waals surface area contributed by atoms with Gasteiger partial charge < -0.3 is 10.6 Å². The molecule has 2 aliphatic heterocycles. The number of likely N-dealkylation sites (tertiary alicyclic amines) is 2. The van der Waals surface area contributed by atoms with E-state index < -0.39 is 0 Å². The second kappa shape index (κ2) is 5.58. The Morgan fingerprint density at radius 2 is 1.91 bits per heavy atom. The number of likely N-dealkylation sites (N-methyl/N-ethyl adjacent to an activating group) is 1. The molecule has 2 saturated heterocycles. The Kier molecular flexibility index (Phi) is 3.79. The summed E-state index contributed by atoms with van der Waals surface area (Å²) in [6.45, 7) is 8.33. The van der Waals surface area contributed by atoms with Crippen LogP contribution < -0.4 is 5.73 Å². The lowest BCUT2D eigenvalue weighted by atomic mass is 9.60. The summed E-state index contributed by atoms with van der Waals surface area (Å²) in [5.74, 6) is 0. The minimum atomic E-state index is 0.290. The molecular formula is C20H31N3. The number of nitrogens with two attached hydrogens (primary N) is 1. The molecule has 3 nitrogen and oxygen atoms in total. The summed E-state index contributed by atoms with van der Waals surface area (Å²) in [7, 11) is 2.33. The zero-order valence-corrected chi connectivity index (χ0v) is 14.9. The topological polar surface area (TPSA) is 32.5 Å². The molecule has 0 spiro atoms. The smallest absolute Gasteiger partial charge is 0.0349 e. The van der Waals surface area contributed by atoms with Gasteiger partial charge in [-0.3, -0.25) is 4.90 Å². The third-order valence-electron chi connectivity index (χ3n) is 6.84. The Balaban J connectivity index is 1.76. The van der Waals surface area contributed by atoms with Crippen LogP contribution in [0.5, 0.6) is 0 Å². The number of rotatable bonds is 1. The van der Waals surface area contributed by atoms with Crippen LogP contribution in [-0.2, 0) is 11.8 Å². The van der Waals surface area contributed by atoms with E-state index in [1.807, 2.05) is 0 Å². The van der Waals surface area contributed by atoms with Crippen molar-refractivity contribution < 1.29 is 0 Å². The SMILES string of the molecule is Cc1ccc2c(c1)[C@]1(C)CCN(C)[C@H](C2)C1N1CCC(N)CC1. The van der Waals surface area contributed by atoms with Gasteiger partial charge in [0.1, 0.15) is 0 Å². The summed E-state index contributed by atoms with van der Waals surface area (Å²) in [6, 6.07) is 8.85. The third kappa shape index (κ3) is 2.45. The molecule has 1 aromatic carbocycles. The molecule has 126 valence electrons. The van der Waals surface area contributed by atoms with Crippen molar-refractivity contribution in [3.8, 4) is 0 Å². The van der Waals surface area contributed by atoms with E-state index in [2.05, 4.69) is 48.9 Å². The molecule has 0 aromatic heterocycles. The predicted octanol–water partition coefficient (Wildman–Crippen LogP) is 2.30. The zero-order valence-electron chi connectivity index (χ0n) is 14.9. The summed E-state index contributed by atoms with van der Waals surface area (Å²) in [5, 5.41) is 0. The zero-order chi connectivity index (χ0) is 16.2. The van der Waals surface area contributed by atoms with E-state index in [0.29, 0.717) is 18.1 Å². The summed E-state index contributed by atoms with van der Waals surface area (Å²) in [6.07, 6.45) is 4.78. The number of hydrogen-bond donors (Lipinski definition) is 1. The Morgan fingerprint density at radius 1 is 1.17 bits per heavy atom. The minimum Gasteiger partial charge on any atom is -0.328 e. The monoisotopic (exact) mass is 313 g/mol. The van der Waals surface area contributed by atoms with Gasteiger partial charge >= 0.3 is 0 Å². The number of hydrogen-bond acceptors (Lipinski definition) is 3. The second-order valence-corrected chi connectivity index (χ2v) is 8.40. The molecule has 1 aliphatic carbocycles. The van der Waals surface area contributed by atoms with Crippen LogP contribution >= 0.6 is 0 Å². The highest BCUT2D eigenvalue weighted by atomic mass is 15.3. The maximum atomic E-state index is 6.16.